The van der Waals surface area contributed by atoms with E-state index < -0.39 is 43.9 Å². The van der Waals surface area contributed by atoms with Gasteiger partial charge in [0, 0.05) is 17.0 Å². The van der Waals surface area contributed by atoms with E-state index in [2.05, 4.69) is 0 Å². The number of hydrogen-bond donors (Lipinski definition) is 0. The van der Waals surface area contributed by atoms with E-state index in [1.165, 1.54) is 36.4 Å². The van der Waals surface area contributed by atoms with Gasteiger partial charge in [-0.2, -0.15) is 8.42 Å². The SMILES string of the molecule is CCCC1C(=O)N(COS(=O)(=O)c2ccc(C)cc2)C1S(=O)c1ccc([N+](=O)[O-])cc1. The van der Waals surface area contributed by atoms with E-state index in [-0.39, 0.29) is 16.5 Å². The lowest BCUT2D eigenvalue weighted by Crippen LogP contribution is -2.63. The second-order valence-corrected chi connectivity index (χ2v) is 10.3. The van der Waals surface area contributed by atoms with Gasteiger partial charge in [0.15, 0.2) is 0 Å². The number of nitro groups is 1. The number of amides is 1. The molecule has 0 aromatic heterocycles. The van der Waals surface area contributed by atoms with E-state index in [0.717, 1.165) is 10.5 Å². The van der Waals surface area contributed by atoms with Gasteiger partial charge < -0.3 is 4.90 Å². The first-order chi connectivity index (χ1) is 14.7. The molecule has 2 aromatic rings. The predicted molar refractivity (Wildman–Crippen MR) is 113 cm³/mol. The third-order valence-electron chi connectivity index (χ3n) is 5.01. The molecule has 1 aliphatic rings. The van der Waals surface area contributed by atoms with Crippen molar-refractivity contribution in [3.8, 4) is 0 Å². The molecule has 3 rings (SSSR count). The lowest BCUT2D eigenvalue weighted by atomic mass is 9.94. The number of carbonyl (C=O) groups excluding carboxylic acids is 1. The van der Waals surface area contributed by atoms with Crippen LogP contribution in [0, 0.1) is 23.0 Å². The maximum Gasteiger partial charge on any atom is 0.298 e. The molecule has 166 valence electrons. The largest absolute Gasteiger partial charge is 0.302 e. The Morgan fingerprint density at radius 3 is 2.29 bits per heavy atom. The summed E-state index contributed by atoms with van der Waals surface area (Å²) in [5.74, 6) is -0.868. The van der Waals surface area contributed by atoms with Crippen LogP contribution in [0.15, 0.2) is 58.3 Å². The Morgan fingerprint density at radius 1 is 1.13 bits per heavy atom. The summed E-state index contributed by atoms with van der Waals surface area (Å²) in [4.78, 5) is 24.3. The molecule has 0 radical (unpaired) electrons. The van der Waals surface area contributed by atoms with E-state index in [1.54, 1.807) is 12.1 Å². The first-order valence-electron chi connectivity index (χ1n) is 9.57. The van der Waals surface area contributed by atoms with Crippen molar-refractivity contribution in [2.24, 2.45) is 5.92 Å². The number of carbonyl (C=O) groups is 1. The Labute approximate surface area is 182 Å². The molecular formula is C20H22N2O7S2. The second kappa shape index (κ2) is 9.25. The molecule has 1 heterocycles. The van der Waals surface area contributed by atoms with Gasteiger partial charge in [-0.15, -0.1) is 0 Å². The van der Waals surface area contributed by atoms with Crippen LogP contribution >= 0.6 is 0 Å². The summed E-state index contributed by atoms with van der Waals surface area (Å²) < 4.78 is 43.1. The maximum absolute atomic E-state index is 13.1. The zero-order chi connectivity index (χ0) is 22.8. The van der Waals surface area contributed by atoms with Gasteiger partial charge in [0.25, 0.3) is 15.8 Å². The van der Waals surface area contributed by atoms with E-state index in [9.17, 15) is 27.5 Å². The third kappa shape index (κ3) is 4.83. The van der Waals surface area contributed by atoms with Crippen LogP contribution in [-0.2, 0) is 29.9 Å². The molecule has 0 saturated carbocycles. The summed E-state index contributed by atoms with van der Waals surface area (Å²) in [5, 5.41) is 10.1. The Balaban J connectivity index is 1.78. The number of β-lactam (4-membered cyclic amide) rings is 1. The number of likely N-dealkylation sites (tertiary alicyclic amines) is 1. The lowest BCUT2D eigenvalue weighted by molar-refractivity contribution is -0.384. The number of rotatable bonds is 9. The van der Waals surface area contributed by atoms with Gasteiger partial charge in [0.1, 0.15) is 12.1 Å². The monoisotopic (exact) mass is 466 g/mol. The highest BCUT2D eigenvalue weighted by Gasteiger charge is 2.50. The summed E-state index contributed by atoms with van der Waals surface area (Å²) >= 11 is 0. The zero-order valence-electron chi connectivity index (χ0n) is 17.0. The highest BCUT2D eigenvalue weighted by atomic mass is 32.2. The van der Waals surface area contributed by atoms with Crippen molar-refractivity contribution in [3.05, 3.63) is 64.2 Å². The number of hydrogen-bond acceptors (Lipinski definition) is 7. The van der Waals surface area contributed by atoms with Crippen LogP contribution in [0.5, 0.6) is 0 Å². The van der Waals surface area contributed by atoms with Gasteiger partial charge in [-0.3, -0.25) is 19.1 Å². The van der Waals surface area contributed by atoms with Gasteiger partial charge in [0.05, 0.1) is 26.5 Å². The topological polar surface area (TPSA) is 124 Å². The van der Waals surface area contributed by atoms with Crippen molar-refractivity contribution in [1.29, 1.82) is 0 Å². The summed E-state index contributed by atoms with van der Waals surface area (Å²) in [6.07, 6.45) is 1.17. The molecule has 3 atom stereocenters. The third-order valence-corrected chi connectivity index (χ3v) is 8.03. The quantitative estimate of drug-likeness (QED) is 0.241. The summed E-state index contributed by atoms with van der Waals surface area (Å²) in [7, 11) is -5.81. The molecule has 1 aliphatic heterocycles. The van der Waals surface area contributed by atoms with Crippen molar-refractivity contribution in [2.75, 3.05) is 6.73 Å². The lowest BCUT2D eigenvalue weighted by Gasteiger charge is -2.45. The molecular weight excluding hydrogens is 444 g/mol. The maximum atomic E-state index is 13.1. The van der Waals surface area contributed by atoms with Gasteiger partial charge in [0.2, 0.25) is 5.91 Å². The fourth-order valence-corrected chi connectivity index (χ4v) is 5.80. The Kier molecular flexibility index (Phi) is 6.87. The van der Waals surface area contributed by atoms with Crippen LogP contribution in [0.3, 0.4) is 0 Å². The minimum Gasteiger partial charge on any atom is -0.302 e. The number of nitro benzene ring substituents is 1. The number of nitrogens with zero attached hydrogens (tertiary/aromatic N) is 2. The van der Waals surface area contributed by atoms with E-state index >= 15 is 0 Å². The molecule has 0 N–H and O–H groups in total. The molecule has 0 spiro atoms. The van der Waals surface area contributed by atoms with E-state index in [4.69, 9.17) is 4.18 Å². The van der Waals surface area contributed by atoms with Gasteiger partial charge in [-0.05, 0) is 37.6 Å². The molecule has 0 aliphatic carbocycles. The fraction of sp³-hybridized carbons (Fsp3) is 0.350. The van der Waals surface area contributed by atoms with Crippen molar-refractivity contribution in [2.45, 2.75) is 41.9 Å². The summed E-state index contributed by atoms with van der Waals surface area (Å²) in [5.41, 5.74) is 0.748. The van der Waals surface area contributed by atoms with Gasteiger partial charge in [-0.25, -0.2) is 4.18 Å². The Bertz CT molecular complexity index is 1100. The average molecular weight is 467 g/mol. The van der Waals surface area contributed by atoms with Gasteiger partial charge >= 0.3 is 0 Å². The highest BCUT2D eigenvalue weighted by molar-refractivity contribution is 7.86. The highest BCUT2D eigenvalue weighted by Crippen LogP contribution is 2.36. The van der Waals surface area contributed by atoms with Crippen LogP contribution in [0.1, 0.15) is 25.3 Å². The molecule has 31 heavy (non-hydrogen) atoms. The Hall–Kier alpha value is -2.63. The summed E-state index contributed by atoms with van der Waals surface area (Å²) in [6, 6.07) is 11.3. The average Bonchev–Trinajstić information content (AvgIpc) is 2.74. The smallest absolute Gasteiger partial charge is 0.298 e. The first kappa shape index (κ1) is 23.0. The number of non-ortho nitro benzene ring substituents is 1. The number of aryl methyl sites for hydroxylation is 1. The molecule has 0 bridgehead atoms. The molecule has 1 saturated heterocycles. The van der Waals surface area contributed by atoms with Crippen molar-refractivity contribution >= 4 is 32.5 Å². The molecule has 1 amide bonds. The standard InChI is InChI=1S/C20H22N2O7S2/c1-3-4-18-19(23)21(13-29-31(27,28)17-11-5-14(2)6-12-17)20(18)30(26)16-9-7-15(8-10-16)22(24)25/h5-12,18,20H,3-4,13H2,1-2H3. The molecule has 2 aromatic carbocycles. The molecule has 1 fully saturated rings. The molecule has 3 unspecified atom stereocenters. The summed E-state index contributed by atoms with van der Waals surface area (Å²) in [6.45, 7) is 3.15. The van der Waals surface area contributed by atoms with E-state index in [1.807, 2.05) is 13.8 Å². The Morgan fingerprint density at radius 2 is 1.74 bits per heavy atom. The van der Waals surface area contributed by atoms with Crippen molar-refractivity contribution in [1.82, 2.24) is 4.90 Å². The normalized spacial score (nSPS) is 19.7. The van der Waals surface area contributed by atoms with Crippen molar-refractivity contribution in [3.63, 3.8) is 0 Å². The van der Waals surface area contributed by atoms with Crippen LogP contribution in [-0.4, -0.2) is 40.5 Å². The molecule has 9 nitrogen and oxygen atoms in total. The van der Waals surface area contributed by atoms with Crippen molar-refractivity contribution < 1.29 is 26.5 Å². The molecule has 11 heteroatoms. The van der Waals surface area contributed by atoms with Crippen LogP contribution < -0.4 is 0 Å². The van der Waals surface area contributed by atoms with Crippen LogP contribution in [0.25, 0.3) is 0 Å². The number of benzene rings is 2. The predicted octanol–water partition coefficient (Wildman–Crippen LogP) is 2.96. The van der Waals surface area contributed by atoms with E-state index in [0.29, 0.717) is 17.7 Å². The van der Waals surface area contributed by atoms with Crippen LogP contribution in [0.4, 0.5) is 5.69 Å². The first-order valence-corrected chi connectivity index (χ1v) is 12.2. The van der Waals surface area contributed by atoms with Crippen LogP contribution in [0.2, 0.25) is 0 Å². The minimum atomic E-state index is -4.10. The minimum absolute atomic E-state index is 0.0378. The zero-order valence-corrected chi connectivity index (χ0v) is 18.6. The van der Waals surface area contributed by atoms with Gasteiger partial charge in [-0.1, -0.05) is 31.0 Å². The fourth-order valence-electron chi connectivity index (χ4n) is 3.31. The second-order valence-electron chi connectivity index (χ2n) is 7.16.